The molecule has 1 aliphatic heterocycles. The van der Waals surface area contributed by atoms with Gasteiger partial charge in [-0.05, 0) is 58.9 Å². The maximum atomic E-state index is 12.5. The highest BCUT2D eigenvalue weighted by molar-refractivity contribution is 14.1. The summed E-state index contributed by atoms with van der Waals surface area (Å²) in [6.45, 7) is 0.637. The molecule has 3 heterocycles. The third-order valence-electron chi connectivity index (χ3n) is 4.86. The zero-order valence-corrected chi connectivity index (χ0v) is 19.9. The minimum absolute atomic E-state index is 0.309. The summed E-state index contributed by atoms with van der Waals surface area (Å²) in [4.78, 5) is 27.1. The second-order valence-corrected chi connectivity index (χ2v) is 9.59. The lowest BCUT2D eigenvalue weighted by molar-refractivity contribution is 0.0953. The maximum Gasteiger partial charge on any atom is 0.343 e. The maximum absolute atomic E-state index is 12.5. The number of carbonyl (C=O) groups is 1. The van der Waals surface area contributed by atoms with Crippen molar-refractivity contribution >= 4 is 73.6 Å². The highest BCUT2D eigenvalue weighted by Gasteiger charge is 2.20. The first-order valence-corrected chi connectivity index (χ1v) is 11.7. The molecule has 31 heavy (non-hydrogen) atoms. The lowest BCUT2D eigenvalue weighted by Crippen LogP contribution is -2.32. The van der Waals surface area contributed by atoms with E-state index in [0.29, 0.717) is 35.1 Å². The number of benzene rings is 1. The molecule has 0 saturated carbocycles. The second-order valence-electron chi connectivity index (χ2n) is 6.93. The van der Waals surface area contributed by atoms with Crippen molar-refractivity contribution in [2.75, 3.05) is 19.7 Å². The first-order valence-electron chi connectivity index (χ1n) is 9.47. The number of aliphatic hydroxyl groups is 2. The van der Waals surface area contributed by atoms with Gasteiger partial charge in [-0.1, -0.05) is 17.7 Å². The summed E-state index contributed by atoms with van der Waals surface area (Å²) < 4.78 is 1.84. The third kappa shape index (κ3) is 5.12. The van der Waals surface area contributed by atoms with Crippen LogP contribution in [0.15, 0.2) is 41.5 Å². The molecule has 0 radical (unpaired) electrons. The van der Waals surface area contributed by atoms with Crippen molar-refractivity contribution in [2.45, 2.75) is 12.5 Å². The van der Waals surface area contributed by atoms with Gasteiger partial charge < -0.3 is 15.1 Å². The molecule has 1 atom stereocenters. The van der Waals surface area contributed by atoms with Gasteiger partial charge in [0.05, 0.1) is 28.7 Å². The minimum atomic E-state index is -0.936. The van der Waals surface area contributed by atoms with E-state index in [-0.39, 0.29) is 12.6 Å². The Bertz CT molecular complexity index is 1200. The Hall–Kier alpha value is -1.92. The lowest BCUT2D eigenvalue weighted by Gasteiger charge is -2.25. The number of rotatable bonds is 4. The van der Waals surface area contributed by atoms with Gasteiger partial charge in [-0.15, -0.1) is 11.3 Å². The molecule has 0 aliphatic carbocycles. The van der Waals surface area contributed by atoms with E-state index in [1.165, 1.54) is 17.6 Å². The summed E-state index contributed by atoms with van der Waals surface area (Å²) in [5.74, 6) is 0. The normalized spacial score (nSPS) is 15.5. The standard InChI is InChI=1S/C21H18ClIN4O3S/c22-14-1-2-16-18(8-14)31-19(26-16)10-25-21(30)27-5-3-12(4-6-27)20-15(23)7-13(9-24-20)17(29)11-28/h1-3,7-10,17,28-29H,4-6,11H2/b25-10+/t17-/m1/s1. The molecule has 2 amide bonds. The van der Waals surface area contributed by atoms with Crippen LogP contribution in [0.4, 0.5) is 4.79 Å². The van der Waals surface area contributed by atoms with Gasteiger partial charge in [0.25, 0.3) is 0 Å². The number of thiazole rings is 1. The first-order chi connectivity index (χ1) is 14.9. The van der Waals surface area contributed by atoms with Crippen LogP contribution in [0.25, 0.3) is 15.8 Å². The van der Waals surface area contributed by atoms with Crippen molar-refractivity contribution in [3.8, 4) is 0 Å². The van der Waals surface area contributed by atoms with E-state index in [9.17, 15) is 9.90 Å². The number of carbonyl (C=O) groups excluding carboxylic acids is 1. The molecule has 10 heteroatoms. The Morgan fingerprint density at radius 3 is 2.97 bits per heavy atom. The molecular weight excluding hydrogens is 551 g/mol. The van der Waals surface area contributed by atoms with Gasteiger partial charge in [0.15, 0.2) is 0 Å². The van der Waals surface area contributed by atoms with E-state index in [2.05, 4.69) is 37.6 Å². The lowest BCUT2D eigenvalue weighted by atomic mass is 10.0. The van der Waals surface area contributed by atoms with E-state index in [4.69, 9.17) is 16.7 Å². The zero-order chi connectivity index (χ0) is 22.0. The monoisotopic (exact) mass is 568 g/mol. The summed E-state index contributed by atoms with van der Waals surface area (Å²) in [5, 5.41) is 20.2. The number of hydrogen-bond acceptors (Lipinski definition) is 6. The molecule has 0 saturated heterocycles. The first kappa shape index (κ1) is 22.3. The van der Waals surface area contributed by atoms with Crippen molar-refractivity contribution in [1.29, 1.82) is 0 Å². The van der Waals surface area contributed by atoms with Crippen LogP contribution in [0.1, 0.15) is 28.8 Å². The van der Waals surface area contributed by atoms with Gasteiger partial charge >= 0.3 is 6.03 Å². The highest BCUT2D eigenvalue weighted by Crippen LogP contribution is 2.27. The van der Waals surface area contributed by atoms with Gasteiger partial charge in [0.1, 0.15) is 11.1 Å². The number of aliphatic imine (C=N–C) groups is 1. The van der Waals surface area contributed by atoms with Crippen LogP contribution in [-0.2, 0) is 0 Å². The Kier molecular flexibility index (Phi) is 6.97. The molecule has 1 aromatic carbocycles. The van der Waals surface area contributed by atoms with Crippen LogP contribution in [0.5, 0.6) is 0 Å². The van der Waals surface area contributed by atoms with Crippen molar-refractivity contribution in [3.05, 3.63) is 61.4 Å². The number of fused-ring (bicyclic) bond motifs is 1. The summed E-state index contributed by atoms with van der Waals surface area (Å²) in [7, 11) is 0. The van der Waals surface area contributed by atoms with Crippen molar-refractivity contribution in [3.63, 3.8) is 0 Å². The summed E-state index contributed by atoms with van der Waals surface area (Å²) in [6.07, 6.45) is 4.77. The molecule has 2 N–H and O–H groups in total. The SMILES string of the molecule is O=C(/N=C/c1nc2ccc(Cl)cc2s1)N1CC=C(c2ncc([C@H](O)CO)cc2I)CC1. The van der Waals surface area contributed by atoms with E-state index in [1.54, 1.807) is 17.2 Å². The second kappa shape index (κ2) is 9.70. The van der Waals surface area contributed by atoms with Crippen LogP contribution in [0.2, 0.25) is 5.02 Å². The third-order valence-corrected chi connectivity index (χ3v) is 6.87. The smallest absolute Gasteiger partial charge is 0.343 e. The van der Waals surface area contributed by atoms with Gasteiger partial charge in [-0.3, -0.25) is 4.98 Å². The quantitative estimate of drug-likeness (QED) is 0.361. The largest absolute Gasteiger partial charge is 0.393 e. The van der Waals surface area contributed by atoms with E-state index in [0.717, 1.165) is 25.1 Å². The average Bonchev–Trinajstić information content (AvgIpc) is 3.19. The van der Waals surface area contributed by atoms with Crippen LogP contribution < -0.4 is 0 Å². The Morgan fingerprint density at radius 2 is 2.26 bits per heavy atom. The predicted molar refractivity (Wildman–Crippen MR) is 131 cm³/mol. The van der Waals surface area contributed by atoms with Crippen LogP contribution in [0, 0.1) is 3.57 Å². The van der Waals surface area contributed by atoms with Crippen LogP contribution in [0.3, 0.4) is 0 Å². The van der Waals surface area contributed by atoms with E-state index in [1.807, 2.05) is 24.3 Å². The molecule has 2 aromatic heterocycles. The number of aliphatic hydroxyl groups excluding tert-OH is 2. The average molecular weight is 569 g/mol. The molecule has 160 valence electrons. The molecule has 7 nitrogen and oxygen atoms in total. The number of aromatic nitrogens is 2. The fraction of sp³-hybridized carbons (Fsp3) is 0.238. The molecule has 0 spiro atoms. The number of urea groups is 1. The number of hydrogen-bond donors (Lipinski definition) is 2. The van der Waals surface area contributed by atoms with Crippen LogP contribution >= 0.6 is 45.5 Å². The zero-order valence-electron chi connectivity index (χ0n) is 16.2. The number of nitrogens with zero attached hydrogens (tertiary/aromatic N) is 4. The highest BCUT2D eigenvalue weighted by atomic mass is 127. The Labute approximate surface area is 201 Å². The number of halogens is 2. The fourth-order valence-electron chi connectivity index (χ4n) is 3.20. The predicted octanol–water partition coefficient (Wildman–Crippen LogP) is 4.30. The van der Waals surface area contributed by atoms with Gasteiger partial charge in [-0.2, -0.15) is 4.99 Å². The van der Waals surface area contributed by atoms with Gasteiger partial charge in [0, 0.05) is 33.4 Å². The molecule has 0 fully saturated rings. The van der Waals surface area contributed by atoms with Crippen molar-refractivity contribution in [2.24, 2.45) is 4.99 Å². The molecule has 1 aliphatic rings. The number of amides is 2. The van der Waals surface area contributed by atoms with Gasteiger partial charge in [-0.25, -0.2) is 9.78 Å². The van der Waals surface area contributed by atoms with Crippen molar-refractivity contribution < 1.29 is 15.0 Å². The summed E-state index contributed by atoms with van der Waals surface area (Å²) >= 11 is 9.61. The van der Waals surface area contributed by atoms with Crippen molar-refractivity contribution in [1.82, 2.24) is 14.9 Å². The topological polar surface area (TPSA) is 98.9 Å². The molecule has 3 aromatic rings. The van der Waals surface area contributed by atoms with E-state index < -0.39 is 6.10 Å². The Morgan fingerprint density at radius 1 is 1.42 bits per heavy atom. The Balaban J connectivity index is 1.42. The number of pyridine rings is 1. The minimum Gasteiger partial charge on any atom is -0.393 e. The van der Waals surface area contributed by atoms with Crippen LogP contribution in [-0.4, -0.2) is 57.0 Å². The molecule has 4 rings (SSSR count). The summed E-state index contributed by atoms with van der Waals surface area (Å²) in [5.41, 5.74) is 3.28. The molecular formula is C21H18ClIN4O3S. The molecule has 0 bridgehead atoms. The fourth-order valence-corrected chi connectivity index (χ4v) is 5.16. The van der Waals surface area contributed by atoms with Gasteiger partial charge in [0.2, 0.25) is 0 Å². The molecule has 0 unspecified atom stereocenters. The van der Waals surface area contributed by atoms with E-state index >= 15 is 0 Å². The summed E-state index contributed by atoms with van der Waals surface area (Å²) in [6, 6.07) is 6.98.